The monoisotopic (exact) mass is 305 g/mol. The second-order valence-electron chi connectivity index (χ2n) is 3.76. The summed E-state index contributed by atoms with van der Waals surface area (Å²) in [6, 6.07) is 9.62. The lowest BCUT2D eigenvalue weighted by Crippen LogP contribution is -2.24. The number of aromatic nitrogens is 2. The minimum absolute atomic E-state index is 0.196. The van der Waals surface area contributed by atoms with Crippen molar-refractivity contribution in [1.82, 2.24) is 9.78 Å². The van der Waals surface area contributed by atoms with Crippen LogP contribution in [0.5, 0.6) is 0 Å². The lowest BCUT2D eigenvalue weighted by molar-refractivity contribution is 0.714. The van der Waals surface area contributed by atoms with Crippen molar-refractivity contribution in [2.75, 3.05) is 5.73 Å². The second kappa shape index (κ2) is 5.18. The van der Waals surface area contributed by atoms with Crippen molar-refractivity contribution in [3.8, 4) is 11.3 Å². The number of halogens is 1. The van der Waals surface area contributed by atoms with Crippen molar-refractivity contribution in [2.45, 2.75) is 0 Å². The molecule has 0 radical (unpaired) electrons. The molecule has 2 aromatic rings. The Morgan fingerprint density at radius 3 is 2.61 bits per heavy atom. The molecule has 1 heterocycles. The molecule has 4 nitrogen and oxygen atoms in total. The molecule has 2 N–H and O–H groups in total. The maximum absolute atomic E-state index is 11.8. The van der Waals surface area contributed by atoms with Crippen molar-refractivity contribution >= 4 is 27.7 Å². The Morgan fingerprint density at radius 1 is 1.33 bits per heavy atom. The summed E-state index contributed by atoms with van der Waals surface area (Å²) in [7, 11) is 1.59. The first-order chi connectivity index (χ1) is 8.65. The molecular formula is C13H12BrN3O. The Labute approximate surface area is 113 Å². The zero-order valence-electron chi connectivity index (χ0n) is 9.80. The summed E-state index contributed by atoms with van der Waals surface area (Å²) in [5, 5.41) is 4.27. The number of hydrogen-bond acceptors (Lipinski definition) is 3. The van der Waals surface area contributed by atoms with Crippen LogP contribution in [0, 0.1) is 0 Å². The fourth-order valence-electron chi connectivity index (χ4n) is 1.71. The summed E-state index contributed by atoms with van der Waals surface area (Å²) in [6.07, 6.45) is 1.73. The van der Waals surface area contributed by atoms with Gasteiger partial charge in [-0.15, -0.1) is 0 Å². The van der Waals surface area contributed by atoms with Crippen LogP contribution in [0.2, 0.25) is 0 Å². The normalized spacial score (nSPS) is 11.0. The summed E-state index contributed by atoms with van der Waals surface area (Å²) in [6.45, 7) is 0. The minimum Gasteiger partial charge on any atom is -0.394 e. The summed E-state index contributed by atoms with van der Waals surface area (Å²) in [5.74, 6) is 0. The highest BCUT2D eigenvalue weighted by molar-refractivity contribution is 9.11. The number of aryl methyl sites for hydroxylation is 1. The standard InChI is InChI=1S/C13H12BrN3O/c1-17-13(18)11(15)10(7-8-14)12(16-17)9-5-3-2-4-6-9/h2-8H,15H2,1H3/b8-7+. The van der Waals surface area contributed by atoms with Gasteiger partial charge in [-0.25, -0.2) is 4.68 Å². The van der Waals surface area contributed by atoms with Gasteiger partial charge in [-0.1, -0.05) is 46.3 Å². The molecule has 0 saturated carbocycles. The van der Waals surface area contributed by atoms with Crippen molar-refractivity contribution in [3.63, 3.8) is 0 Å². The molecule has 0 atom stereocenters. The van der Waals surface area contributed by atoms with Crippen molar-refractivity contribution in [3.05, 3.63) is 51.2 Å². The van der Waals surface area contributed by atoms with E-state index in [1.54, 1.807) is 18.1 Å². The molecule has 0 aliphatic heterocycles. The molecule has 1 aromatic heterocycles. The largest absolute Gasteiger partial charge is 0.394 e. The average Bonchev–Trinajstić information content (AvgIpc) is 2.40. The fourth-order valence-corrected chi connectivity index (χ4v) is 1.97. The third-order valence-electron chi connectivity index (χ3n) is 2.60. The molecule has 5 heteroatoms. The number of nitrogens with two attached hydrogens (primary N) is 1. The molecule has 18 heavy (non-hydrogen) atoms. The smallest absolute Gasteiger partial charge is 0.290 e. The molecule has 0 aliphatic rings. The van der Waals surface area contributed by atoms with Gasteiger partial charge in [0.15, 0.2) is 0 Å². The topological polar surface area (TPSA) is 60.9 Å². The molecule has 0 bridgehead atoms. The van der Waals surface area contributed by atoms with Crippen LogP contribution in [0.3, 0.4) is 0 Å². The van der Waals surface area contributed by atoms with Gasteiger partial charge in [0.05, 0.1) is 0 Å². The lowest BCUT2D eigenvalue weighted by atomic mass is 10.1. The number of hydrogen-bond donors (Lipinski definition) is 1. The maximum Gasteiger partial charge on any atom is 0.290 e. The quantitative estimate of drug-likeness (QED) is 0.927. The molecule has 0 amide bonds. The third-order valence-corrected chi connectivity index (χ3v) is 2.86. The first-order valence-corrected chi connectivity index (χ1v) is 6.25. The Balaban J connectivity index is 2.78. The highest BCUT2D eigenvalue weighted by Gasteiger charge is 2.12. The predicted molar refractivity (Wildman–Crippen MR) is 77.3 cm³/mol. The molecule has 0 unspecified atom stereocenters. The van der Waals surface area contributed by atoms with Gasteiger partial charge in [-0.2, -0.15) is 5.10 Å². The molecule has 0 aliphatic carbocycles. The Kier molecular flexibility index (Phi) is 3.62. The third kappa shape index (κ3) is 2.22. The Bertz CT molecular complexity index is 647. The summed E-state index contributed by atoms with van der Waals surface area (Å²) in [5.41, 5.74) is 7.99. The van der Waals surface area contributed by atoms with E-state index in [-0.39, 0.29) is 11.2 Å². The van der Waals surface area contributed by atoms with Crippen molar-refractivity contribution in [2.24, 2.45) is 7.05 Å². The summed E-state index contributed by atoms with van der Waals surface area (Å²) in [4.78, 5) is 13.4. The SMILES string of the molecule is Cn1nc(-c2ccccc2)c(/C=C/Br)c(N)c1=O. The first-order valence-electron chi connectivity index (χ1n) is 5.34. The highest BCUT2D eigenvalue weighted by Crippen LogP contribution is 2.24. The number of benzene rings is 1. The Morgan fingerprint density at radius 2 is 2.00 bits per heavy atom. The van der Waals surface area contributed by atoms with E-state index in [1.165, 1.54) is 4.68 Å². The lowest BCUT2D eigenvalue weighted by Gasteiger charge is -2.09. The van der Waals surface area contributed by atoms with Crippen LogP contribution in [0.1, 0.15) is 5.56 Å². The fraction of sp³-hybridized carbons (Fsp3) is 0.0769. The molecule has 1 aromatic carbocycles. The summed E-state index contributed by atoms with van der Waals surface area (Å²) >= 11 is 3.20. The van der Waals surface area contributed by atoms with Gasteiger partial charge in [0.2, 0.25) is 0 Å². The highest BCUT2D eigenvalue weighted by atomic mass is 79.9. The molecule has 0 saturated heterocycles. The average molecular weight is 306 g/mol. The van der Waals surface area contributed by atoms with E-state index in [0.717, 1.165) is 5.56 Å². The van der Waals surface area contributed by atoms with Gasteiger partial charge in [-0.3, -0.25) is 4.79 Å². The molecular weight excluding hydrogens is 294 g/mol. The number of anilines is 1. The number of rotatable bonds is 2. The van der Waals surface area contributed by atoms with Crippen LogP contribution in [-0.4, -0.2) is 9.78 Å². The van der Waals surface area contributed by atoms with Crippen LogP contribution in [0.25, 0.3) is 17.3 Å². The Hall–Kier alpha value is -1.88. The van der Waals surface area contributed by atoms with Gasteiger partial charge < -0.3 is 5.73 Å². The van der Waals surface area contributed by atoms with Gasteiger partial charge in [0, 0.05) is 18.2 Å². The number of nitrogen functional groups attached to an aromatic ring is 1. The first kappa shape index (κ1) is 12.6. The van der Waals surface area contributed by atoms with Crippen molar-refractivity contribution < 1.29 is 0 Å². The van der Waals surface area contributed by atoms with Gasteiger partial charge in [0.1, 0.15) is 11.4 Å². The van der Waals surface area contributed by atoms with E-state index in [1.807, 2.05) is 30.3 Å². The second-order valence-corrected chi connectivity index (χ2v) is 4.29. The zero-order chi connectivity index (χ0) is 13.1. The van der Waals surface area contributed by atoms with Gasteiger partial charge >= 0.3 is 0 Å². The molecule has 92 valence electrons. The van der Waals surface area contributed by atoms with Crippen LogP contribution >= 0.6 is 15.9 Å². The van der Waals surface area contributed by atoms with Crippen LogP contribution in [0.15, 0.2) is 40.1 Å². The van der Waals surface area contributed by atoms with Crippen molar-refractivity contribution in [1.29, 1.82) is 0 Å². The van der Waals surface area contributed by atoms with Gasteiger partial charge in [-0.05, 0) is 11.1 Å². The van der Waals surface area contributed by atoms with E-state index < -0.39 is 0 Å². The zero-order valence-corrected chi connectivity index (χ0v) is 11.4. The van der Waals surface area contributed by atoms with E-state index in [9.17, 15) is 4.79 Å². The summed E-state index contributed by atoms with van der Waals surface area (Å²) < 4.78 is 1.25. The van der Waals surface area contributed by atoms with E-state index in [4.69, 9.17) is 5.73 Å². The minimum atomic E-state index is -0.296. The predicted octanol–water partition coefficient (Wildman–Crippen LogP) is 2.40. The van der Waals surface area contributed by atoms with Crippen LogP contribution in [-0.2, 0) is 7.05 Å². The van der Waals surface area contributed by atoms with E-state index in [0.29, 0.717) is 11.3 Å². The molecule has 2 rings (SSSR count). The maximum atomic E-state index is 11.8. The van der Waals surface area contributed by atoms with Crippen LogP contribution in [0.4, 0.5) is 5.69 Å². The molecule has 0 spiro atoms. The van der Waals surface area contributed by atoms with Crippen LogP contribution < -0.4 is 11.3 Å². The van der Waals surface area contributed by atoms with E-state index >= 15 is 0 Å². The molecule has 0 fully saturated rings. The van der Waals surface area contributed by atoms with E-state index in [2.05, 4.69) is 21.0 Å². The number of nitrogens with zero attached hydrogens (tertiary/aromatic N) is 2. The van der Waals surface area contributed by atoms with Gasteiger partial charge in [0.25, 0.3) is 5.56 Å².